The quantitative estimate of drug-likeness (QED) is 0.514. The van der Waals surface area contributed by atoms with Crippen LogP contribution in [0.1, 0.15) is 91.9 Å². The van der Waals surface area contributed by atoms with E-state index in [0.29, 0.717) is 23.9 Å². The summed E-state index contributed by atoms with van der Waals surface area (Å²) in [4.78, 5) is 12.8. The molecule has 5 atom stereocenters. The maximum atomic E-state index is 12.8. The number of carbonyl (C=O) groups is 1. The van der Waals surface area contributed by atoms with Crippen molar-refractivity contribution in [3.8, 4) is 0 Å². The molecule has 26 heavy (non-hydrogen) atoms. The number of nitrogens with one attached hydrogen (secondary N) is 2. The predicted molar refractivity (Wildman–Crippen MR) is 109 cm³/mol. The second-order valence-corrected chi connectivity index (χ2v) is 9.73. The highest BCUT2D eigenvalue weighted by molar-refractivity contribution is 5.86. The molecule has 1 aliphatic heterocycles. The molecule has 3 nitrogen and oxygen atoms in total. The maximum Gasteiger partial charge on any atom is 0.238 e. The lowest BCUT2D eigenvalue weighted by atomic mass is 9.73. The monoisotopic (exact) mass is 362 g/mol. The summed E-state index contributed by atoms with van der Waals surface area (Å²) in [5.41, 5.74) is 0. The van der Waals surface area contributed by atoms with Crippen LogP contribution in [-0.2, 0) is 4.79 Å². The van der Waals surface area contributed by atoms with Crippen LogP contribution < -0.4 is 10.6 Å². The maximum absolute atomic E-state index is 12.8. The van der Waals surface area contributed by atoms with E-state index in [4.69, 9.17) is 0 Å². The zero-order valence-electron chi connectivity index (χ0n) is 17.6. The molecule has 150 valence electrons. The number of unbranched alkanes of at least 4 members (excludes halogenated alkanes) is 2. The number of hydrogen-bond donors (Lipinski definition) is 2. The third kappa shape index (κ3) is 4.82. The van der Waals surface area contributed by atoms with Crippen molar-refractivity contribution in [1.29, 1.82) is 0 Å². The fourth-order valence-electron chi connectivity index (χ4n) is 5.67. The highest BCUT2D eigenvalue weighted by atomic mass is 16.2. The summed E-state index contributed by atoms with van der Waals surface area (Å²) in [5.74, 6) is 4.08. The van der Waals surface area contributed by atoms with Crippen molar-refractivity contribution in [3.05, 3.63) is 0 Å². The van der Waals surface area contributed by atoms with Crippen molar-refractivity contribution in [2.75, 3.05) is 0 Å². The van der Waals surface area contributed by atoms with Gasteiger partial charge in [0.15, 0.2) is 0 Å². The van der Waals surface area contributed by atoms with Crippen molar-refractivity contribution >= 4 is 5.91 Å². The van der Waals surface area contributed by atoms with E-state index in [0.717, 1.165) is 23.7 Å². The molecule has 3 heteroatoms. The standard InChI is InChI=1S/C23H42N2O/c1-5-7-9-16(10-8-6-2)20-18(15(3)4)13-14-19(20)24-23(26)22-21(25-22)17-11-12-17/h15-22,25H,5-14H2,1-4H3,(H,24,26)/t18?,19?,20?,21?,22-/m1/s1. The van der Waals surface area contributed by atoms with E-state index in [1.165, 1.54) is 64.2 Å². The van der Waals surface area contributed by atoms with E-state index in [2.05, 4.69) is 38.3 Å². The van der Waals surface area contributed by atoms with Crippen LogP contribution in [0.5, 0.6) is 0 Å². The van der Waals surface area contributed by atoms with Crippen LogP contribution >= 0.6 is 0 Å². The topological polar surface area (TPSA) is 51.0 Å². The second-order valence-electron chi connectivity index (χ2n) is 9.73. The average molecular weight is 363 g/mol. The first-order valence-corrected chi connectivity index (χ1v) is 11.6. The first kappa shape index (κ1) is 20.2. The van der Waals surface area contributed by atoms with Gasteiger partial charge in [0.1, 0.15) is 6.04 Å². The van der Waals surface area contributed by atoms with E-state index < -0.39 is 0 Å². The normalized spacial score (nSPS) is 33.8. The van der Waals surface area contributed by atoms with Crippen LogP contribution in [0.3, 0.4) is 0 Å². The molecule has 0 aromatic heterocycles. The lowest BCUT2D eigenvalue weighted by molar-refractivity contribution is -0.121. The van der Waals surface area contributed by atoms with Crippen molar-refractivity contribution in [1.82, 2.24) is 10.6 Å². The molecule has 1 amide bonds. The molecule has 0 spiro atoms. The molecule has 1 heterocycles. The van der Waals surface area contributed by atoms with Crippen molar-refractivity contribution in [3.63, 3.8) is 0 Å². The molecule has 3 rings (SSSR count). The summed E-state index contributed by atoms with van der Waals surface area (Å²) in [6.45, 7) is 9.40. The Labute approximate surface area is 161 Å². The molecule has 1 saturated heterocycles. The molecule has 3 fully saturated rings. The van der Waals surface area contributed by atoms with E-state index in [9.17, 15) is 4.79 Å². The van der Waals surface area contributed by atoms with Gasteiger partial charge in [-0.2, -0.15) is 0 Å². The van der Waals surface area contributed by atoms with Crippen molar-refractivity contribution < 1.29 is 4.79 Å². The van der Waals surface area contributed by atoms with Gasteiger partial charge in [-0.3, -0.25) is 10.1 Å². The van der Waals surface area contributed by atoms with Crippen LogP contribution in [0.25, 0.3) is 0 Å². The molecule has 3 aliphatic rings. The molecule has 0 aromatic rings. The zero-order chi connectivity index (χ0) is 18.7. The highest BCUT2D eigenvalue weighted by Crippen LogP contribution is 2.45. The number of carbonyl (C=O) groups excluding carboxylic acids is 1. The first-order valence-electron chi connectivity index (χ1n) is 11.6. The molecule has 0 bridgehead atoms. The van der Waals surface area contributed by atoms with Crippen LogP contribution in [0.2, 0.25) is 0 Å². The van der Waals surface area contributed by atoms with Crippen LogP contribution in [0, 0.1) is 29.6 Å². The fourth-order valence-corrected chi connectivity index (χ4v) is 5.67. The minimum absolute atomic E-state index is 0.117. The van der Waals surface area contributed by atoms with Gasteiger partial charge in [-0.05, 0) is 55.3 Å². The molecule has 4 unspecified atom stereocenters. The van der Waals surface area contributed by atoms with E-state index in [1.807, 2.05) is 0 Å². The lowest BCUT2D eigenvalue weighted by Gasteiger charge is -2.35. The molecule has 2 aliphatic carbocycles. The van der Waals surface area contributed by atoms with Crippen molar-refractivity contribution in [2.45, 2.75) is 110 Å². The predicted octanol–water partition coefficient (Wildman–Crippen LogP) is 4.90. The Hall–Kier alpha value is -0.570. The third-order valence-electron chi connectivity index (χ3n) is 7.39. The molecule has 0 radical (unpaired) electrons. The minimum atomic E-state index is 0.117. The molecule has 0 aromatic carbocycles. The van der Waals surface area contributed by atoms with E-state index in [-0.39, 0.29) is 6.04 Å². The lowest BCUT2D eigenvalue weighted by Crippen LogP contribution is -2.44. The van der Waals surface area contributed by atoms with Gasteiger partial charge in [0.2, 0.25) is 5.91 Å². The summed E-state index contributed by atoms with van der Waals surface area (Å²) < 4.78 is 0. The van der Waals surface area contributed by atoms with Crippen LogP contribution in [-0.4, -0.2) is 24.0 Å². The first-order chi connectivity index (χ1) is 12.6. The summed E-state index contributed by atoms with van der Waals surface area (Å²) in [6, 6.07) is 1.02. The van der Waals surface area contributed by atoms with Gasteiger partial charge < -0.3 is 5.32 Å². The third-order valence-corrected chi connectivity index (χ3v) is 7.39. The van der Waals surface area contributed by atoms with Crippen molar-refractivity contribution in [2.24, 2.45) is 29.6 Å². The second kappa shape index (κ2) is 9.08. The summed E-state index contributed by atoms with van der Waals surface area (Å²) in [5, 5.41) is 6.96. The van der Waals surface area contributed by atoms with Gasteiger partial charge in [-0.1, -0.05) is 66.2 Å². The molecular weight excluding hydrogens is 320 g/mol. The summed E-state index contributed by atoms with van der Waals surface area (Å²) >= 11 is 0. The smallest absolute Gasteiger partial charge is 0.238 e. The van der Waals surface area contributed by atoms with Gasteiger partial charge in [0.05, 0.1) is 0 Å². The number of hydrogen-bond acceptors (Lipinski definition) is 2. The molecule has 2 N–H and O–H groups in total. The van der Waals surface area contributed by atoms with E-state index in [1.54, 1.807) is 0 Å². The Kier molecular flexibility index (Phi) is 7.05. The Morgan fingerprint density at radius 3 is 2.23 bits per heavy atom. The fraction of sp³-hybridized carbons (Fsp3) is 0.957. The average Bonchev–Trinajstić information content (AvgIpc) is 3.51. The van der Waals surface area contributed by atoms with Gasteiger partial charge in [-0.25, -0.2) is 0 Å². The zero-order valence-corrected chi connectivity index (χ0v) is 17.6. The van der Waals surface area contributed by atoms with E-state index >= 15 is 0 Å². The molecule has 2 saturated carbocycles. The van der Waals surface area contributed by atoms with Gasteiger partial charge in [0.25, 0.3) is 0 Å². The number of rotatable bonds is 11. The Morgan fingerprint density at radius 2 is 1.69 bits per heavy atom. The highest BCUT2D eigenvalue weighted by Gasteiger charge is 2.52. The SMILES string of the molecule is CCCCC(CCCC)C1C(NC(=O)[C@@H]2NC2C2CC2)CCC1C(C)C. The Balaban J connectivity index is 1.64. The number of amides is 1. The Bertz CT molecular complexity index is 451. The summed E-state index contributed by atoms with van der Waals surface area (Å²) in [7, 11) is 0. The van der Waals surface area contributed by atoms with Gasteiger partial charge in [-0.15, -0.1) is 0 Å². The van der Waals surface area contributed by atoms with Crippen LogP contribution in [0.15, 0.2) is 0 Å². The Morgan fingerprint density at radius 1 is 1.04 bits per heavy atom. The molecular formula is C23H42N2O. The van der Waals surface area contributed by atoms with Gasteiger partial charge in [0, 0.05) is 12.1 Å². The largest absolute Gasteiger partial charge is 0.352 e. The summed E-state index contributed by atoms with van der Waals surface area (Å²) in [6.07, 6.45) is 13.1. The minimum Gasteiger partial charge on any atom is -0.352 e. The van der Waals surface area contributed by atoms with Crippen LogP contribution in [0.4, 0.5) is 0 Å². The van der Waals surface area contributed by atoms with Gasteiger partial charge >= 0.3 is 0 Å².